The molecule has 1 aliphatic rings. The van der Waals surface area contributed by atoms with Gasteiger partial charge >= 0.3 is 0 Å². The van der Waals surface area contributed by atoms with Gasteiger partial charge in [-0.2, -0.15) is 0 Å². The Morgan fingerprint density at radius 2 is 1.62 bits per heavy atom. The summed E-state index contributed by atoms with van der Waals surface area (Å²) in [6, 6.07) is 6.90. The summed E-state index contributed by atoms with van der Waals surface area (Å²) in [6.07, 6.45) is 3.67. The van der Waals surface area contributed by atoms with Gasteiger partial charge < -0.3 is 0 Å². The molecule has 0 unspecified atom stereocenters. The molecule has 0 bridgehead atoms. The predicted molar refractivity (Wildman–Crippen MR) is 64.7 cm³/mol. The molecule has 0 radical (unpaired) electrons. The summed E-state index contributed by atoms with van der Waals surface area (Å²) in [4.78, 5) is 25.0. The van der Waals surface area contributed by atoms with Crippen LogP contribution in [0.3, 0.4) is 0 Å². The number of imide groups is 1. The molecule has 0 aliphatic carbocycles. The number of fused-ring (bicyclic) bond motifs is 1. The van der Waals surface area contributed by atoms with Crippen molar-refractivity contribution in [3.63, 3.8) is 0 Å². The molecule has 2 amide bonds. The minimum atomic E-state index is -0.208. The molecule has 1 aliphatic heterocycles. The van der Waals surface area contributed by atoms with E-state index in [1.54, 1.807) is 30.3 Å². The minimum absolute atomic E-state index is 0.208. The molecule has 16 heavy (non-hydrogen) atoms. The van der Waals surface area contributed by atoms with E-state index in [9.17, 15) is 9.59 Å². The molecule has 82 valence electrons. The van der Waals surface area contributed by atoms with Crippen molar-refractivity contribution in [2.24, 2.45) is 0 Å². The molecule has 1 aromatic rings. The highest BCUT2D eigenvalue weighted by molar-refractivity contribution is 9.09. The summed E-state index contributed by atoms with van der Waals surface area (Å²) < 4.78 is 0. The van der Waals surface area contributed by atoms with E-state index in [4.69, 9.17) is 0 Å². The second-order valence-corrected chi connectivity index (χ2v) is 4.04. The van der Waals surface area contributed by atoms with Gasteiger partial charge in [0.25, 0.3) is 11.8 Å². The van der Waals surface area contributed by atoms with Crippen LogP contribution in [-0.4, -0.2) is 28.6 Å². The van der Waals surface area contributed by atoms with Gasteiger partial charge in [0.05, 0.1) is 11.1 Å². The van der Waals surface area contributed by atoms with Crippen LogP contribution in [0.2, 0.25) is 0 Å². The van der Waals surface area contributed by atoms with E-state index in [-0.39, 0.29) is 11.8 Å². The van der Waals surface area contributed by atoms with Crippen LogP contribution < -0.4 is 0 Å². The number of hydrogen-bond acceptors (Lipinski definition) is 2. The first kappa shape index (κ1) is 11.1. The van der Waals surface area contributed by atoms with Crippen LogP contribution in [0.25, 0.3) is 0 Å². The molecular formula is C12H10BrNO2. The van der Waals surface area contributed by atoms with Gasteiger partial charge in [-0.3, -0.25) is 14.5 Å². The lowest BCUT2D eigenvalue weighted by atomic mass is 10.1. The number of allylic oxidation sites excluding steroid dienone is 1. The summed E-state index contributed by atoms with van der Waals surface area (Å²) in [7, 11) is 0. The molecule has 0 atom stereocenters. The van der Waals surface area contributed by atoms with Crippen molar-refractivity contribution in [1.82, 2.24) is 4.90 Å². The number of rotatable bonds is 3. The molecule has 1 heterocycles. The zero-order valence-electron chi connectivity index (χ0n) is 8.52. The lowest BCUT2D eigenvalue weighted by Gasteiger charge is -2.09. The van der Waals surface area contributed by atoms with E-state index in [1.807, 2.05) is 6.08 Å². The van der Waals surface area contributed by atoms with E-state index in [2.05, 4.69) is 15.9 Å². The van der Waals surface area contributed by atoms with Gasteiger partial charge in [0.15, 0.2) is 0 Å². The second-order valence-electron chi connectivity index (χ2n) is 3.39. The topological polar surface area (TPSA) is 37.4 Å². The van der Waals surface area contributed by atoms with Crippen molar-refractivity contribution in [1.29, 1.82) is 0 Å². The first-order valence-electron chi connectivity index (χ1n) is 4.92. The standard InChI is InChI=1S/C12H10BrNO2/c13-7-3-4-8-14-11(15)9-5-1-2-6-10(9)12(14)16/h1-6H,7-8H2. The fourth-order valence-electron chi connectivity index (χ4n) is 1.65. The van der Waals surface area contributed by atoms with Gasteiger partial charge in [0.1, 0.15) is 0 Å². The zero-order chi connectivity index (χ0) is 11.5. The number of carbonyl (C=O) groups is 2. The second kappa shape index (κ2) is 4.61. The molecule has 0 aromatic heterocycles. The lowest BCUT2D eigenvalue weighted by molar-refractivity contribution is 0.0672. The molecule has 0 saturated carbocycles. The van der Waals surface area contributed by atoms with Crippen LogP contribution >= 0.6 is 15.9 Å². The summed E-state index contributed by atoms with van der Waals surface area (Å²) in [5, 5.41) is 0.718. The number of amides is 2. The Balaban J connectivity index is 2.25. The average Bonchev–Trinajstić information content (AvgIpc) is 2.55. The van der Waals surface area contributed by atoms with Crippen LogP contribution in [0.1, 0.15) is 20.7 Å². The number of halogens is 1. The van der Waals surface area contributed by atoms with Crippen molar-refractivity contribution >= 4 is 27.7 Å². The maximum Gasteiger partial charge on any atom is 0.261 e. The normalized spacial score (nSPS) is 14.9. The molecule has 0 fully saturated rings. The van der Waals surface area contributed by atoms with Crippen LogP contribution in [0.4, 0.5) is 0 Å². The molecule has 3 nitrogen and oxygen atoms in total. The Morgan fingerprint density at radius 1 is 1.06 bits per heavy atom. The van der Waals surface area contributed by atoms with Crippen LogP contribution in [0, 0.1) is 0 Å². The largest absolute Gasteiger partial charge is 0.270 e. The number of alkyl halides is 1. The molecule has 0 saturated heterocycles. The third-order valence-electron chi connectivity index (χ3n) is 2.42. The van der Waals surface area contributed by atoms with E-state index in [1.165, 1.54) is 4.90 Å². The van der Waals surface area contributed by atoms with Gasteiger partial charge in [0.2, 0.25) is 0 Å². The Kier molecular flexibility index (Phi) is 3.19. The van der Waals surface area contributed by atoms with Crippen molar-refractivity contribution in [3.05, 3.63) is 47.5 Å². The van der Waals surface area contributed by atoms with Gasteiger partial charge in [-0.05, 0) is 12.1 Å². The first-order valence-corrected chi connectivity index (χ1v) is 6.04. The third-order valence-corrected chi connectivity index (χ3v) is 2.80. The maximum atomic E-state index is 11.9. The van der Waals surface area contributed by atoms with Crippen molar-refractivity contribution in [3.8, 4) is 0 Å². The Labute approximate surface area is 102 Å². The van der Waals surface area contributed by atoms with Crippen molar-refractivity contribution in [2.75, 3.05) is 11.9 Å². The summed E-state index contributed by atoms with van der Waals surface area (Å²) >= 11 is 3.24. The van der Waals surface area contributed by atoms with Crippen LogP contribution in [0.5, 0.6) is 0 Å². The van der Waals surface area contributed by atoms with Crippen LogP contribution in [-0.2, 0) is 0 Å². The number of carbonyl (C=O) groups excluding carboxylic acids is 2. The molecular weight excluding hydrogens is 270 g/mol. The molecule has 4 heteroatoms. The molecule has 0 N–H and O–H groups in total. The smallest absolute Gasteiger partial charge is 0.261 e. The highest BCUT2D eigenvalue weighted by Gasteiger charge is 2.33. The molecule has 0 spiro atoms. The highest BCUT2D eigenvalue weighted by atomic mass is 79.9. The highest BCUT2D eigenvalue weighted by Crippen LogP contribution is 2.21. The lowest BCUT2D eigenvalue weighted by Crippen LogP contribution is -2.29. The maximum absolute atomic E-state index is 11.9. The predicted octanol–water partition coefficient (Wildman–Crippen LogP) is 2.23. The molecule has 2 rings (SSSR count). The van der Waals surface area contributed by atoms with Gasteiger partial charge in [-0.1, -0.05) is 40.2 Å². The number of hydrogen-bond donors (Lipinski definition) is 0. The Morgan fingerprint density at radius 3 is 2.12 bits per heavy atom. The summed E-state index contributed by atoms with van der Waals surface area (Å²) in [5.74, 6) is -0.417. The van der Waals surface area contributed by atoms with E-state index < -0.39 is 0 Å². The van der Waals surface area contributed by atoms with Crippen molar-refractivity contribution in [2.45, 2.75) is 0 Å². The Bertz CT molecular complexity index is 433. The van der Waals surface area contributed by atoms with Gasteiger partial charge in [-0.15, -0.1) is 0 Å². The SMILES string of the molecule is O=C1c2ccccc2C(=O)N1CC=CCBr. The number of nitrogens with zero attached hydrogens (tertiary/aromatic N) is 1. The van der Waals surface area contributed by atoms with Gasteiger partial charge in [0, 0.05) is 11.9 Å². The van der Waals surface area contributed by atoms with Gasteiger partial charge in [-0.25, -0.2) is 0 Å². The quantitative estimate of drug-likeness (QED) is 0.483. The zero-order valence-corrected chi connectivity index (χ0v) is 10.1. The fourth-order valence-corrected chi connectivity index (χ4v) is 1.91. The Hall–Kier alpha value is -1.42. The monoisotopic (exact) mass is 279 g/mol. The van der Waals surface area contributed by atoms with E-state index in [0.717, 1.165) is 5.33 Å². The summed E-state index contributed by atoms with van der Waals surface area (Å²) in [6.45, 7) is 0.331. The summed E-state index contributed by atoms with van der Waals surface area (Å²) in [5.41, 5.74) is 1.000. The fraction of sp³-hybridized carbons (Fsp3) is 0.167. The average molecular weight is 280 g/mol. The minimum Gasteiger partial charge on any atom is -0.270 e. The number of benzene rings is 1. The van der Waals surface area contributed by atoms with E-state index in [0.29, 0.717) is 17.7 Å². The third kappa shape index (κ3) is 1.80. The first-order chi connectivity index (χ1) is 7.75. The van der Waals surface area contributed by atoms with E-state index >= 15 is 0 Å². The van der Waals surface area contributed by atoms with Crippen LogP contribution in [0.15, 0.2) is 36.4 Å². The molecule has 1 aromatic carbocycles. The van der Waals surface area contributed by atoms with Crippen molar-refractivity contribution < 1.29 is 9.59 Å².